The Morgan fingerprint density at radius 1 is 1.47 bits per heavy atom. The van der Waals surface area contributed by atoms with Crippen molar-refractivity contribution < 1.29 is 28.9 Å². The molecule has 0 atom stereocenters. The maximum atomic E-state index is 11.0. The topological polar surface area (TPSA) is 82.1 Å². The first kappa shape index (κ1) is 9.32. The summed E-state index contributed by atoms with van der Waals surface area (Å²) in [4.78, 5) is 21.7. The third-order valence-corrected chi connectivity index (χ3v) is 1.91. The lowest BCUT2D eigenvalue weighted by Crippen LogP contribution is -2.11. The zero-order chi connectivity index (χ0) is 11.0. The fourth-order valence-electron chi connectivity index (χ4n) is 1.28. The average Bonchev–Trinajstić information content (AvgIpc) is 2.44. The summed E-state index contributed by atoms with van der Waals surface area (Å²) in [5, 5.41) is 9.55. The molecule has 6 nitrogen and oxygen atoms in total. The average molecular weight is 210 g/mol. The standard InChI is InChI=1S/C9H6O6/c1-13-8-6(11)5-2-4(3-10)7(8)15-9(12)14-5/h2-3,11H,1H3. The highest BCUT2D eigenvalue weighted by Gasteiger charge is 2.29. The van der Waals surface area contributed by atoms with Crippen LogP contribution in [0.2, 0.25) is 0 Å². The first-order valence-corrected chi connectivity index (χ1v) is 3.96. The number of aromatic hydroxyl groups is 1. The van der Waals surface area contributed by atoms with Crippen molar-refractivity contribution in [3.8, 4) is 23.0 Å². The number of carbonyl (C=O) groups excluding carboxylic acids is 2. The summed E-state index contributed by atoms with van der Waals surface area (Å²) in [6.45, 7) is 0. The summed E-state index contributed by atoms with van der Waals surface area (Å²) in [5.41, 5.74) is 0.0745. The van der Waals surface area contributed by atoms with Gasteiger partial charge in [-0.15, -0.1) is 0 Å². The molecule has 1 N–H and O–H groups in total. The van der Waals surface area contributed by atoms with E-state index >= 15 is 0 Å². The zero-order valence-electron chi connectivity index (χ0n) is 7.64. The van der Waals surface area contributed by atoms with Gasteiger partial charge in [-0.3, -0.25) is 4.79 Å². The number of benzene rings is 1. The third-order valence-electron chi connectivity index (χ3n) is 1.91. The van der Waals surface area contributed by atoms with Crippen molar-refractivity contribution in [2.45, 2.75) is 0 Å². The molecule has 0 aromatic heterocycles. The number of methoxy groups -OCH3 is 1. The van der Waals surface area contributed by atoms with Gasteiger partial charge < -0.3 is 19.3 Å². The van der Waals surface area contributed by atoms with Crippen LogP contribution in [0.5, 0.6) is 23.0 Å². The highest BCUT2D eigenvalue weighted by atomic mass is 16.7. The summed E-state index contributed by atoms with van der Waals surface area (Å²) >= 11 is 0. The first-order valence-electron chi connectivity index (χ1n) is 3.96. The zero-order valence-corrected chi connectivity index (χ0v) is 7.64. The van der Waals surface area contributed by atoms with Gasteiger partial charge in [0.25, 0.3) is 0 Å². The van der Waals surface area contributed by atoms with Crippen LogP contribution in [0.1, 0.15) is 10.4 Å². The molecule has 6 heteroatoms. The minimum atomic E-state index is -1.02. The molecule has 2 heterocycles. The Labute approximate surface area is 84.0 Å². The molecule has 0 amide bonds. The van der Waals surface area contributed by atoms with Gasteiger partial charge in [-0.05, 0) is 6.07 Å². The number of hydrogen-bond acceptors (Lipinski definition) is 6. The second-order valence-corrected chi connectivity index (χ2v) is 2.75. The fourth-order valence-corrected chi connectivity index (χ4v) is 1.28. The van der Waals surface area contributed by atoms with Gasteiger partial charge in [-0.2, -0.15) is 0 Å². The Kier molecular flexibility index (Phi) is 1.96. The van der Waals surface area contributed by atoms with E-state index in [1.54, 1.807) is 0 Å². The van der Waals surface area contributed by atoms with E-state index < -0.39 is 6.16 Å². The number of rotatable bonds is 2. The molecule has 0 radical (unpaired) electrons. The molecule has 3 rings (SSSR count). The van der Waals surface area contributed by atoms with Gasteiger partial charge in [-0.1, -0.05) is 0 Å². The van der Waals surface area contributed by atoms with Gasteiger partial charge in [0.1, 0.15) is 0 Å². The molecule has 0 saturated carbocycles. The molecular formula is C9H6O6. The Hall–Kier alpha value is -2.24. The van der Waals surface area contributed by atoms with E-state index in [-0.39, 0.29) is 28.6 Å². The lowest BCUT2D eigenvalue weighted by Gasteiger charge is -2.07. The summed E-state index contributed by atoms with van der Waals surface area (Å²) < 4.78 is 14.1. The second kappa shape index (κ2) is 3.16. The van der Waals surface area contributed by atoms with Gasteiger partial charge in [0.2, 0.25) is 11.5 Å². The molecule has 15 heavy (non-hydrogen) atoms. The summed E-state index contributed by atoms with van der Waals surface area (Å²) in [7, 11) is 1.27. The number of aldehydes is 1. The fraction of sp³-hybridized carbons (Fsp3) is 0.111. The van der Waals surface area contributed by atoms with E-state index in [9.17, 15) is 14.7 Å². The molecule has 1 aromatic carbocycles. The molecule has 2 aliphatic rings. The maximum Gasteiger partial charge on any atom is 0.519 e. The molecule has 0 saturated heterocycles. The lowest BCUT2D eigenvalue weighted by atomic mass is 10.1. The van der Waals surface area contributed by atoms with E-state index in [0.29, 0.717) is 6.29 Å². The minimum absolute atomic E-state index is 0.0745. The molecule has 0 unspecified atom stereocenters. The van der Waals surface area contributed by atoms with Gasteiger partial charge >= 0.3 is 6.16 Å². The Balaban J connectivity index is 2.75. The summed E-state index contributed by atoms with van der Waals surface area (Å²) in [5.74, 6) is -0.777. The van der Waals surface area contributed by atoms with Gasteiger partial charge in [-0.25, -0.2) is 4.79 Å². The largest absolute Gasteiger partial charge is 0.519 e. The number of fused-ring (bicyclic) bond motifs is 4. The smallest absolute Gasteiger partial charge is 0.502 e. The first-order chi connectivity index (χ1) is 7.17. The van der Waals surface area contributed by atoms with E-state index in [4.69, 9.17) is 4.74 Å². The Morgan fingerprint density at radius 3 is 2.80 bits per heavy atom. The van der Waals surface area contributed by atoms with Crippen LogP contribution in [0.25, 0.3) is 0 Å². The lowest BCUT2D eigenvalue weighted by molar-refractivity contribution is 0.112. The van der Waals surface area contributed by atoms with Crippen LogP contribution < -0.4 is 14.2 Å². The number of hydrogen-bond donors (Lipinski definition) is 1. The highest BCUT2D eigenvalue weighted by Crippen LogP contribution is 2.47. The quantitative estimate of drug-likeness (QED) is 0.447. The second-order valence-electron chi connectivity index (χ2n) is 2.75. The van der Waals surface area contributed by atoms with E-state index in [1.807, 2.05) is 0 Å². The van der Waals surface area contributed by atoms with Crippen LogP contribution in [0.4, 0.5) is 4.79 Å². The SMILES string of the molecule is COc1c(O)c2cc(C=O)c1OC(=O)O2. The van der Waals surface area contributed by atoms with Crippen LogP contribution in [-0.4, -0.2) is 24.7 Å². The summed E-state index contributed by atoms with van der Waals surface area (Å²) in [6.07, 6.45) is -0.547. The van der Waals surface area contributed by atoms with Gasteiger partial charge in [0, 0.05) is 0 Å². The molecule has 0 fully saturated rings. The van der Waals surface area contributed by atoms with Gasteiger partial charge in [0.15, 0.2) is 17.8 Å². The maximum absolute atomic E-state index is 11.0. The van der Waals surface area contributed by atoms with Crippen LogP contribution in [0.3, 0.4) is 0 Å². The molecule has 0 aliphatic carbocycles. The number of carbonyl (C=O) groups is 2. The normalized spacial score (nSPS) is 12.7. The molecule has 2 bridgehead atoms. The number of phenols is 1. The van der Waals surface area contributed by atoms with E-state index in [0.717, 1.165) is 0 Å². The van der Waals surface area contributed by atoms with Crippen molar-refractivity contribution in [1.82, 2.24) is 0 Å². The Morgan fingerprint density at radius 2 is 2.20 bits per heavy atom. The van der Waals surface area contributed by atoms with Crippen molar-refractivity contribution in [3.05, 3.63) is 11.6 Å². The van der Waals surface area contributed by atoms with Crippen LogP contribution in [0.15, 0.2) is 6.07 Å². The van der Waals surface area contributed by atoms with Crippen LogP contribution >= 0.6 is 0 Å². The molecular weight excluding hydrogens is 204 g/mol. The summed E-state index contributed by atoms with van der Waals surface area (Å²) in [6, 6.07) is 1.20. The van der Waals surface area contributed by atoms with Crippen LogP contribution in [-0.2, 0) is 0 Å². The van der Waals surface area contributed by atoms with Crippen molar-refractivity contribution in [2.24, 2.45) is 0 Å². The monoisotopic (exact) mass is 210 g/mol. The van der Waals surface area contributed by atoms with Crippen molar-refractivity contribution in [3.63, 3.8) is 0 Å². The van der Waals surface area contributed by atoms with Crippen molar-refractivity contribution in [1.29, 1.82) is 0 Å². The minimum Gasteiger partial charge on any atom is -0.502 e. The number of phenolic OH excluding ortho intramolecular Hbond substituents is 1. The van der Waals surface area contributed by atoms with Gasteiger partial charge in [0.05, 0.1) is 12.7 Å². The molecule has 1 aromatic rings. The predicted molar refractivity (Wildman–Crippen MR) is 46.7 cm³/mol. The van der Waals surface area contributed by atoms with Crippen molar-refractivity contribution in [2.75, 3.05) is 7.11 Å². The molecule has 78 valence electrons. The molecule has 0 spiro atoms. The van der Waals surface area contributed by atoms with E-state index in [2.05, 4.69) is 9.47 Å². The van der Waals surface area contributed by atoms with E-state index in [1.165, 1.54) is 13.2 Å². The number of ether oxygens (including phenoxy) is 3. The van der Waals surface area contributed by atoms with Crippen molar-refractivity contribution >= 4 is 12.4 Å². The third kappa shape index (κ3) is 1.26. The van der Waals surface area contributed by atoms with Crippen LogP contribution in [0, 0.1) is 0 Å². The molecule has 2 aliphatic heterocycles. The predicted octanol–water partition coefficient (Wildman–Crippen LogP) is 1.10. The highest BCUT2D eigenvalue weighted by molar-refractivity contribution is 5.88. The Bertz CT molecular complexity index is 450.